The molecule has 0 aromatic carbocycles. The highest BCUT2D eigenvalue weighted by molar-refractivity contribution is 5.79. The Balaban J connectivity index is 2.58. The molecule has 2 N–H and O–H groups in total. The lowest BCUT2D eigenvalue weighted by Gasteiger charge is -2.42. The van der Waals surface area contributed by atoms with Crippen molar-refractivity contribution < 1.29 is 0 Å². The summed E-state index contributed by atoms with van der Waals surface area (Å²) in [5.74, 6) is 1.75. The van der Waals surface area contributed by atoms with Gasteiger partial charge in [0.2, 0.25) is 0 Å². The second-order valence-electron chi connectivity index (χ2n) is 6.23. The fourth-order valence-corrected chi connectivity index (χ4v) is 2.62. The standard InChI is InChI=1S/C15H32N4/c1-6-16-14(17-7-2)18-12-15(4,5)19-10-8-9-13(3)11-19/h13H,6-12H2,1-5H3,(H2,16,17,18). The highest BCUT2D eigenvalue weighted by atomic mass is 15.2. The maximum atomic E-state index is 4.73. The summed E-state index contributed by atoms with van der Waals surface area (Å²) in [5, 5.41) is 6.58. The summed E-state index contributed by atoms with van der Waals surface area (Å²) >= 11 is 0. The number of hydrogen-bond donors (Lipinski definition) is 2. The molecule has 0 aromatic rings. The zero-order valence-corrected chi connectivity index (χ0v) is 13.4. The largest absolute Gasteiger partial charge is 0.357 e. The van der Waals surface area contributed by atoms with E-state index < -0.39 is 0 Å². The van der Waals surface area contributed by atoms with E-state index in [1.807, 2.05) is 0 Å². The molecule has 112 valence electrons. The van der Waals surface area contributed by atoms with E-state index in [1.165, 1.54) is 25.9 Å². The lowest BCUT2D eigenvalue weighted by atomic mass is 9.94. The van der Waals surface area contributed by atoms with Crippen LogP contribution in [0.25, 0.3) is 0 Å². The normalized spacial score (nSPS) is 21.0. The first-order valence-corrected chi connectivity index (χ1v) is 7.76. The van der Waals surface area contributed by atoms with Crippen LogP contribution in [0.4, 0.5) is 0 Å². The van der Waals surface area contributed by atoms with E-state index in [9.17, 15) is 0 Å². The van der Waals surface area contributed by atoms with Crippen molar-refractivity contribution in [3.63, 3.8) is 0 Å². The summed E-state index contributed by atoms with van der Waals surface area (Å²) < 4.78 is 0. The highest BCUT2D eigenvalue weighted by Crippen LogP contribution is 2.23. The van der Waals surface area contributed by atoms with E-state index >= 15 is 0 Å². The molecule has 0 aliphatic carbocycles. The number of rotatable bonds is 5. The minimum absolute atomic E-state index is 0.144. The van der Waals surface area contributed by atoms with Gasteiger partial charge < -0.3 is 10.6 Å². The zero-order chi connectivity index (χ0) is 14.3. The summed E-state index contributed by atoms with van der Waals surface area (Å²) in [5.41, 5.74) is 0.144. The Kier molecular flexibility index (Phi) is 6.63. The lowest BCUT2D eigenvalue weighted by molar-refractivity contribution is 0.0774. The molecule has 1 fully saturated rings. The van der Waals surface area contributed by atoms with Crippen LogP contribution in [0.3, 0.4) is 0 Å². The molecule has 1 unspecified atom stereocenters. The Morgan fingerprint density at radius 3 is 2.42 bits per heavy atom. The smallest absolute Gasteiger partial charge is 0.191 e. The lowest BCUT2D eigenvalue weighted by Crippen LogP contribution is -2.51. The first-order chi connectivity index (χ1) is 8.99. The maximum absolute atomic E-state index is 4.73. The average molecular weight is 268 g/mol. The summed E-state index contributed by atoms with van der Waals surface area (Å²) in [6, 6.07) is 0. The van der Waals surface area contributed by atoms with Crippen molar-refractivity contribution in [2.45, 2.75) is 53.0 Å². The number of piperidine rings is 1. The van der Waals surface area contributed by atoms with Crippen molar-refractivity contribution in [3.05, 3.63) is 0 Å². The molecule has 4 nitrogen and oxygen atoms in total. The monoisotopic (exact) mass is 268 g/mol. The SMILES string of the molecule is CCNC(=NCC(C)(C)N1CCCC(C)C1)NCC. The molecule has 19 heavy (non-hydrogen) atoms. The van der Waals surface area contributed by atoms with E-state index in [4.69, 9.17) is 4.99 Å². The summed E-state index contributed by atoms with van der Waals surface area (Å²) in [4.78, 5) is 7.33. The molecule has 1 aliphatic heterocycles. The topological polar surface area (TPSA) is 39.7 Å². The molecule has 1 aliphatic rings. The van der Waals surface area contributed by atoms with Crippen LogP contribution in [0, 0.1) is 5.92 Å². The fourth-order valence-electron chi connectivity index (χ4n) is 2.62. The van der Waals surface area contributed by atoms with Crippen molar-refractivity contribution >= 4 is 5.96 Å². The van der Waals surface area contributed by atoms with Gasteiger partial charge in [-0.3, -0.25) is 9.89 Å². The molecule has 1 rings (SSSR count). The number of hydrogen-bond acceptors (Lipinski definition) is 2. The van der Waals surface area contributed by atoms with Crippen LogP contribution in [0.2, 0.25) is 0 Å². The van der Waals surface area contributed by atoms with Crippen LogP contribution in [0.1, 0.15) is 47.5 Å². The van der Waals surface area contributed by atoms with Gasteiger partial charge in [-0.1, -0.05) is 6.92 Å². The minimum atomic E-state index is 0.144. The van der Waals surface area contributed by atoms with Crippen molar-refractivity contribution in [1.29, 1.82) is 0 Å². The molecular weight excluding hydrogens is 236 g/mol. The van der Waals surface area contributed by atoms with Crippen LogP contribution in [-0.4, -0.2) is 49.1 Å². The molecule has 1 saturated heterocycles. The van der Waals surface area contributed by atoms with Crippen molar-refractivity contribution in [1.82, 2.24) is 15.5 Å². The number of nitrogens with one attached hydrogen (secondary N) is 2. The Bertz CT molecular complexity index is 278. The predicted octanol–water partition coefficient (Wildman–Crippen LogP) is 2.07. The van der Waals surface area contributed by atoms with E-state index in [0.717, 1.165) is 31.5 Å². The van der Waals surface area contributed by atoms with Crippen molar-refractivity contribution in [2.75, 3.05) is 32.7 Å². The molecule has 1 heterocycles. The molecule has 0 radical (unpaired) electrons. The molecule has 0 amide bonds. The Morgan fingerprint density at radius 2 is 1.89 bits per heavy atom. The van der Waals surface area contributed by atoms with Crippen LogP contribution >= 0.6 is 0 Å². The number of likely N-dealkylation sites (tertiary alicyclic amines) is 1. The second kappa shape index (κ2) is 7.73. The van der Waals surface area contributed by atoms with Crippen LogP contribution < -0.4 is 10.6 Å². The van der Waals surface area contributed by atoms with Gasteiger partial charge in [0.1, 0.15) is 0 Å². The summed E-state index contributed by atoms with van der Waals surface area (Å²) in [6.07, 6.45) is 2.69. The van der Waals surface area contributed by atoms with Crippen molar-refractivity contribution in [2.24, 2.45) is 10.9 Å². The third-order valence-corrected chi connectivity index (χ3v) is 3.83. The Hall–Kier alpha value is -0.770. The molecule has 0 bridgehead atoms. The Morgan fingerprint density at radius 1 is 1.26 bits per heavy atom. The van der Waals surface area contributed by atoms with E-state index in [-0.39, 0.29) is 5.54 Å². The van der Waals surface area contributed by atoms with Gasteiger partial charge in [0.15, 0.2) is 5.96 Å². The number of nitrogens with zero attached hydrogens (tertiary/aromatic N) is 2. The van der Waals surface area contributed by atoms with E-state index in [1.54, 1.807) is 0 Å². The van der Waals surface area contributed by atoms with Gasteiger partial charge in [-0.25, -0.2) is 0 Å². The van der Waals surface area contributed by atoms with Gasteiger partial charge in [0, 0.05) is 25.2 Å². The molecule has 1 atom stereocenters. The third-order valence-electron chi connectivity index (χ3n) is 3.83. The van der Waals surface area contributed by atoms with Gasteiger partial charge >= 0.3 is 0 Å². The minimum Gasteiger partial charge on any atom is -0.357 e. The van der Waals surface area contributed by atoms with Gasteiger partial charge in [0.25, 0.3) is 0 Å². The summed E-state index contributed by atoms with van der Waals surface area (Å²) in [6.45, 7) is 16.3. The zero-order valence-electron chi connectivity index (χ0n) is 13.4. The quantitative estimate of drug-likeness (QED) is 0.592. The molecule has 0 saturated carbocycles. The number of aliphatic imine (C=N–C) groups is 1. The van der Waals surface area contributed by atoms with Gasteiger partial charge in [-0.15, -0.1) is 0 Å². The average Bonchev–Trinajstić information content (AvgIpc) is 2.37. The van der Waals surface area contributed by atoms with Crippen LogP contribution in [0.15, 0.2) is 4.99 Å². The van der Waals surface area contributed by atoms with E-state index in [2.05, 4.69) is 50.2 Å². The van der Waals surface area contributed by atoms with Gasteiger partial charge in [0.05, 0.1) is 6.54 Å². The van der Waals surface area contributed by atoms with Crippen LogP contribution in [0.5, 0.6) is 0 Å². The molecule has 0 aromatic heterocycles. The molecule has 4 heteroatoms. The molecular formula is C15H32N4. The predicted molar refractivity (Wildman–Crippen MR) is 83.7 cm³/mol. The third kappa shape index (κ3) is 5.39. The van der Waals surface area contributed by atoms with Crippen molar-refractivity contribution in [3.8, 4) is 0 Å². The van der Waals surface area contributed by atoms with E-state index in [0.29, 0.717) is 0 Å². The Labute approximate surface area is 119 Å². The summed E-state index contributed by atoms with van der Waals surface area (Å²) in [7, 11) is 0. The first-order valence-electron chi connectivity index (χ1n) is 7.76. The number of guanidine groups is 1. The molecule has 0 spiro atoms. The fraction of sp³-hybridized carbons (Fsp3) is 0.933. The van der Waals surface area contributed by atoms with Gasteiger partial charge in [-0.2, -0.15) is 0 Å². The van der Waals surface area contributed by atoms with Gasteiger partial charge in [-0.05, 0) is 53.0 Å². The highest BCUT2D eigenvalue weighted by Gasteiger charge is 2.29. The maximum Gasteiger partial charge on any atom is 0.191 e. The van der Waals surface area contributed by atoms with Crippen LogP contribution in [-0.2, 0) is 0 Å². The first kappa shape index (κ1) is 16.3. The second-order valence-corrected chi connectivity index (χ2v) is 6.23.